The van der Waals surface area contributed by atoms with E-state index in [2.05, 4.69) is 22.9 Å². The number of carbonyl (C=O) groups excluding carboxylic acids is 3. The Labute approximate surface area is 268 Å². The molecule has 45 heavy (non-hydrogen) atoms. The zero-order chi connectivity index (χ0) is 32.4. The first-order valence-corrected chi connectivity index (χ1v) is 14.7. The zero-order valence-electron chi connectivity index (χ0n) is 24.9. The molecule has 0 spiro atoms. The van der Waals surface area contributed by atoms with Crippen LogP contribution in [-0.4, -0.2) is 56.6 Å². The molecule has 13 heteroatoms. The molecule has 1 aliphatic rings. The average molecular weight is 651 g/mol. The van der Waals surface area contributed by atoms with Gasteiger partial charge in [0.2, 0.25) is 0 Å². The Morgan fingerprint density at radius 1 is 1.13 bits per heavy atom. The number of para-hydroxylation sites is 1. The van der Waals surface area contributed by atoms with Gasteiger partial charge in [0.1, 0.15) is 11.3 Å². The number of benzene rings is 3. The molecule has 1 atom stereocenters. The van der Waals surface area contributed by atoms with Crippen LogP contribution < -0.4 is 25.4 Å². The number of thiol groups is 1. The number of esters is 1. The number of nitrogens with two attached hydrogens (primary N) is 1. The van der Waals surface area contributed by atoms with E-state index < -0.39 is 18.0 Å². The standard InChI is InChI=1S/C22H22ClN3O4S.C10H9NO3/c1-11-17(21(27)29-3)19-18-12(9-23)10-24-13(18)8-15(20(19)25-11)30-22(28)26(2)14-6-4-5-7-16(14)31;1-13-7-2-3-8-6(4-7)5-9(14-8)10(11)12/h4-8,12,24-25,31H,9-10H2,1-3H3;2-5H,1H3,(H2,11,12)/t12-;/m1./s1. The van der Waals surface area contributed by atoms with E-state index in [1.165, 1.54) is 12.0 Å². The van der Waals surface area contributed by atoms with Gasteiger partial charge in [-0.25, -0.2) is 9.59 Å². The number of rotatable bonds is 6. The summed E-state index contributed by atoms with van der Waals surface area (Å²) in [5, 5.41) is 4.77. The highest BCUT2D eigenvalue weighted by molar-refractivity contribution is 7.80. The number of aryl methyl sites for hydroxylation is 1. The quantitative estimate of drug-likeness (QED) is 0.0927. The zero-order valence-corrected chi connectivity index (χ0v) is 26.5. The lowest BCUT2D eigenvalue weighted by Crippen LogP contribution is -2.29. The molecule has 0 saturated carbocycles. The summed E-state index contributed by atoms with van der Waals surface area (Å²) in [6, 6.07) is 15.9. The van der Waals surface area contributed by atoms with E-state index >= 15 is 0 Å². The number of anilines is 2. The second kappa shape index (κ2) is 13.0. The maximum Gasteiger partial charge on any atom is 0.419 e. The highest BCUT2D eigenvalue weighted by Gasteiger charge is 2.32. The molecule has 3 heterocycles. The Morgan fingerprint density at radius 2 is 1.89 bits per heavy atom. The molecular weight excluding hydrogens is 620 g/mol. The van der Waals surface area contributed by atoms with Gasteiger partial charge >= 0.3 is 12.1 Å². The van der Waals surface area contributed by atoms with Crippen molar-refractivity contribution in [2.24, 2.45) is 5.73 Å². The van der Waals surface area contributed by atoms with Crippen molar-refractivity contribution in [3.63, 3.8) is 0 Å². The number of hydrogen-bond acceptors (Lipinski definition) is 9. The molecule has 0 radical (unpaired) electrons. The smallest absolute Gasteiger partial charge is 0.419 e. The van der Waals surface area contributed by atoms with E-state index in [1.807, 2.05) is 12.1 Å². The van der Waals surface area contributed by atoms with E-state index in [-0.39, 0.29) is 11.7 Å². The molecule has 3 aromatic carbocycles. The molecule has 0 unspecified atom stereocenters. The summed E-state index contributed by atoms with van der Waals surface area (Å²) < 4.78 is 21.0. The molecule has 0 saturated heterocycles. The topological polar surface area (TPSA) is 149 Å². The van der Waals surface area contributed by atoms with E-state index in [1.54, 1.807) is 63.5 Å². The maximum atomic E-state index is 12.9. The number of carbonyl (C=O) groups is 3. The number of fused-ring (bicyclic) bond motifs is 4. The van der Waals surface area contributed by atoms with Gasteiger partial charge < -0.3 is 34.7 Å². The minimum atomic E-state index is -0.582. The first kappa shape index (κ1) is 31.6. The normalized spacial score (nSPS) is 13.4. The Hall–Kier alpha value is -4.81. The minimum Gasteiger partial charge on any atom is -0.497 e. The molecule has 2 aromatic heterocycles. The fourth-order valence-electron chi connectivity index (χ4n) is 5.25. The summed E-state index contributed by atoms with van der Waals surface area (Å²) in [7, 11) is 4.53. The molecule has 1 aliphatic heterocycles. The van der Waals surface area contributed by atoms with Gasteiger partial charge in [-0.3, -0.25) is 9.69 Å². The summed E-state index contributed by atoms with van der Waals surface area (Å²) in [5.74, 6) is 0.559. The van der Waals surface area contributed by atoms with E-state index in [4.69, 9.17) is 36.0 Å². The molecule has 2 amide bonds. The van der Waals surface area contributed by atoms with Gasteiger partial charge in [0.05, 0.1) is 31.0 Å². The van der Waals surface area contributed by atoms with Crippen LogP contribution in [0.5, 0.6) is 11.5 Å². The number of halogens is 1. The Balaban J connectivity index is 0.000000238. The van der Waals surface area contributed by atoms with E-state index in [0.29, 0.717) is 62.2 Å². The van der Waals surface area contributed by atoms with Crippen molar-refractivity contribution >= 4 is 75.4 Å². The maximum absolute atomic E-state index is 12.9. The number of ether oxygens (including phenoxy) is 3. The third kappa shape index (κ3) is 6.11. The van der Waals surface area contributed by atoms with Crippen molar-refractivity contribution < 1.29 is 33.0 Å². The van der Waals surface area contributed by atoms with Crippen molar-refractivity contribution in [1.29, 1.82) is 0 Å². The van der Waals surface area contributed by atoms with Crippen molar-refractivity contribution in [2.75, 3.05) is 43.9 Å². The molecular formula is C32H31ClN4O7S. The van der Waals surface area contributed by atoms with Gasteiger partial charge in [-0.1, -0.05) is 12.1 Å². The fraction of sp³-hybridized carbons (Fsp3) is 0.219. The number of H-pyrrole nitrogens is 1. The van der Waals surface area contributed by atoms with Crippen LogP contribution in [0.15, 0.2) is 63.9 Å². The monoisotopic (exact) mass is 650 g/mol. The lowest BCUT2D eigenvalue weighted by atomic mass is 9.95. The number of nitrogens with one attached hydrogen (secondary N) is 2. The Morgan fingerprint density at radius 3 is 2.56 bits per heavy atom. The van der Waals surface area contributed by atoms with Crippen LogP contribution in [0.4, 0.5) is 16.2 Å². The van der Waals surface area contributed by atoms with Crippen LogP contribution in [0.25, 0.3) is 21.9 Å². The first-order valence-electron chi connectivity index (χ1n) is 13.8. The molecule has 6 rings (SSSR count). The van der Waals surface area contributed by atoms with E-state index in [9.17, 15) is 14.4 Å². The SMILES string of the molecule is COC(=O)c1c(C)[nH]c2c(OC(=O)N(C)c3ccccc3S)cc3c(c12)[C@H](CCl)CN3.COc1ccc2oc(C(N)=O)cc2c1. The lowest BCUT2D eigenvalue weighted by Gasteiger charge is -2.19. The highest BCUT2D eigenvalue weighted by atomic mass is 35.5. The van der Waals surface area contributed by atoms with Crippen molar-refractivity contribution in [1.82, 2.24) is 4.98 Å². The molecule has 5 aromatic rings. The van der Waals surface area contributed by atoms with Crippen LogP contribution in [-0.2, 0) is 4.74 Å². The largest absolute Gasteiger partial charge is 0.497 e. The number of aromatic nitrogens is 1. The minimum absolute atomic E-state index is 0.0151. The number of nitrogens with zero attached hydrogens (tertiary/aromatic N) is 1. The molecule has 0 fully saturated rings. The summed E-state index contributed by atoms with van der Waals surface area (Å²) >= 11 is 10.6. The number of hydrogen-bond donors (Lipinski definition) is 4. The third-order valence-corrected chi connectivity index (χ3v) is 8.22. The highest BCUT2D eigenvalue weighted by Crippen LogP contribution is 2.45. The second-order valence-electron chi connectivity index (χ2n) is 10.2. The molecule has 4 N–H and O–H groups in total. The van der Waals surface area contributed by atoms with Crippen LogP contribution >= 0.6 is 24.2 Å². The van der Waals surface area contributed by atoms with Gasteiger partial charge in [0.25, 0.3) is 5.91 Å². The number of furan rings is 1. The van der Waals surface area contributed by atoms with Crippen LogP contribution in [0.1, 0.15) is 38.1 Å². The number of amides is 2. The number of aromatic amines is 1. The lowest BCUT2D eigenvalue weighted by molar-refractivity contribution is 0.0602. The van der Waals surface area contributed by atoms with Gasteiger partial charge in [0.15, 0.2) is 11.5 Å². The third-order valence-electron chi connectivity index (χ3n) is 7.47. The van der Waals surface area contributed by atoms with Crippen molar-refractivity contribution in [3.05, 3.63) is 77.2 Å². The molecule has 0 aliphatic carbocycles. The van der Waals surface area contributed by atoms with Crippen LogP contribution in [0.2, 0.25) is 0 Å². The first-order chi connectivity index (χ1) is 21.6. The summed E-state index contributed by atoms with van der Waals surface area (Å²) in [6.45, 7) is 2.41. The molecule has 0 bridgehead atoms. The number of alkyl halides is 1. The summed E-state index contributed by atoms with van der Waals surface area (Å²) in [6.07, 6.45) is -0.582. The van der Waals surface area contributed by atoms with Gasteiger partial charge in [-0.2, -0.15) is 0 Å². The predicted molar refractivity (Wildman–Crippen MR) is 176 cm³/mol. The Bertz CT molecular complexity index is 1940. The fourth-order valence-corrected chi connectivity index (χ4v) is 5.82. The second-order valence-corrected chi connectivity index (χ2v) is 11.0. The number of primary amides is 1. The Kier molecular flexibility index (Phi) is 9.16. The van der Waals surface area contributed by atoms with Crippen LogP contribution in [0, 0.1) is 6.92 Å². The predicted octanol–water partition coefficient (Wildman–Crippen LogP) is 6.48. The van der Waals surface area contributed by atoms with Gasteiger partial charge in [0, 0.05) is 58.5 Å². The van der Waals surface area contributed by atoms with Crippen molar-refractivity contribution in [3.8, 4) is 11.5 Å². The van der Waals surface area contributed by atoms with Gasteiger partial charge in [-0.15, -0.1) is 24.2 Å². The number of methoxy groups -OCH3 is 2. The summed E-state index contributed by atoms with van der Waals surface area (Å²) in [4.78, 5) is 41.5. The average Bonchev–Trinajstić information content (AvgIpc) is 3.75. The van der Waals surface area contributed by atoms with Crippen molar-refractivity contribution in [2.45, 2.75) is 17.7 Å². The van der Waals surface area contributed by atoms with Gasteiger partial charge in [-0.05, 0) is 48.9 Å². The molecule has 234 valence electrons. The van der Waals surface area contributed by atoms with E-state index in [0.717, 1.165) is 16.6 Å². The van der Waals surface area contributed by atoms with Crippen LogP contribution in [0.3, 0.4) is 0 Å². The molecule has 11 nitrogen and oxygen atoms in total. The summed E-state index contributed by atoms with van der Waals surface area (Å²) in [5.41, 5.74) is 9.62.